The van der Waals surface area contributed by atoms with Crippen molar-refractivity contribution in [2.75, 3.05) is 18.0 Å². The first-order valence-corrected chi connectivity index (χ1v) is 6.16. The predicted molar refractivity (Wildman–Crippen MR) is 71.7 cm³/mol. The highest BCUT2D eigenvalue weighted by molar-refractivity contribution is 5.85. The number of nitrogens with zero attached hydrogens (tertiary/aromatic N) is 1. The van der Waals surface area contributed by atoms with Gasteiger partial charge < -0.3 is 10.0 Å². The Labute approximate surface area is 115 Å². The summed E-state index contributed by atoms with van der Waals surface area (Å²) in [6.07, 6.45) is -2.87. The second kappa shape index (κ2) is 6.45. The number of anilines is 1. The van der Waals surface area contributed by atoms with E-state index in [0.29, 0.717) is 24.9 Å². The van der Waals surface area contributed by atoms with E-state index < -0.39 is 17.7 Å². The van der Waals surface area contributed by atoms with Crippen LogP contribution >= 0.6 is 0 Å². The molecule has 0 aliphatic carbocycles. The van der Waals surface area contributed by atoms with Crippen LogP contribution in [0.4, 0.5) is 18.9 Å². The molecule has 6 heteroatoms. The van der Waals surface area contributed by atoms with Gasteiger partial charge in [-0.3, -0.25) is 0 Å². The first-order chi connectivity index (χ1) is 9.29. The van der Waals surface area contributed by atoms with Gasteiger partial charge in [0.2, 0.25) is 0 Å². The molecule has 0 amide bonds. The van der Waals surface area contributed by atoms with Gasteiger partial charge in [0, 0.05) is 24.9 Å². The molecule has 0 fully saturated rings. The van der Waals surface area contributed by atoms with Crippen molar-refractivity contribution in [2.45, 2.75) is 20.0 Å². The van der Waals surface area contributed by atoms with E-state index in [1.54, 1.807) is 11.0 Å². The van der Waals surface area contributed by atoms with Gasteiger partial charge in [0.25, 0.3) is 0 Å². The quantitative estimate of drug-likeness (QED) is 0.840. The Kier molecular flexibility index (Phi) is 5.19. The van der Waals surface area contributed by atoms with E-state index in [0.717, 1.165) is 12.1 Å². The summed E-state index contributed by atoms with van der Waals surface area (Å²) in [5.74, 6) is -1.29. The van der Waals surface area contributed by atoms with Gasteiger partial charge >= 0.3 is 12.1 Å². The zero-order chi connectivity index (χ0) is 15.3. The van der Waals surface area contributed by atoms with Gasteiger partial charge in [0.05, 0.1) is 5.56 Å². The fourth-order valence-corrected chi connectivity index (χ4v) is 1.88. The molecule has 0 spiro atoms. The largest absolute Gasteiger partial charge is 0.478 e. The van der Waals surface area contributed by atoms with Crippen LogP contribution in [0.2, 0.25) is 0 Å². The summed E-state index contributed by atoms with van der Waals surface area (Å²) in [7, 11) is 0. The second-order valence-electron chi connectivity index (χ2n) is 4.11. The zero-order valence-electron chi connectivity index (χ0n) is 11.2. The lowest BCUT2D eigenvalue weighted by molar-refractivity contribution is -0.137. The molecule has 3 nitrogen and oxygen atoms in total. The lowest BCUT2D eigenvalue weighted by Crippen LogP contribution is -2.22. The van der Waals surface area contributed by atoms with Gasteiger partial charge in [-0.05, 0) is 37.6 Å². The number of alkyl halides is 3. The molecule has 110 valence electrons. The lowest BCUT2D eigenvalue weighted by Gasteiger charge is -2.23. The topological polar surface area (TPSA) is 40.5 Å². The van der Waals surface area contributed by atoms with Gasteiger partial charge in [-0.25, -0.2) is 4.79 Å². The molecule has 20 heavy (non-hydrogen) atoms. The molecule has 0 atom stereocenters. The van der Waals surface area contributed by atoms with E-state index in [9.17, 15) is 18.0 Å². The van der Waals surface area contributed by atoms with Crippen molar-refractivity contribution >= 4 is 17.7 Å². The molecule has 0 aromatic heterocycles. The third kappa shape index (κ3) is 4.01. The van der Waals surface area contributed by atoms with E-state index in [-0.39, 0.29) is 5.56 Å². The van der Waals surface area contributed by atoms with Gasteiger partial charge in [0.15, 0.2) is 0 Å². The maximum atomic E-state index is 13.0. The van der Waals surface area contributed by atoms with Crippen LogP contribution in [0.5, 0.6) is 0 Å². The minimum Gasteiger partial charge on any atom is -0.478 e. The standard InChI is InChI=1S/C14H16F3NO2/c1-3-18(4-2)11-7-5-10(6-8-13(19)20)12(9-11)14(15,16)17/h5-9H,3-4H2,1-2H3,(H,19,20)/b8-6+. The minimum absolute atomic E-state index is 0.157. The highest BCUT2D eigenvalue weighted by Gasteiger charge is 2.33. The van der Waals surface area contributed by atoms with Crippen LogP contribution in [0.15, 0.2) is 24.3 Å². The van der Waals surface area contributed by atoms with Crippen molar-refractivity contribution in [1.82, 2.24) is 0 Å². The number of carbonyl (C=O) groups is 1. The van der Waals surface area contributed by atoms with Crippen molar-refractivity contribution in [3.05, 3.63) is 35.4 Å². The summed E-state index contributed by atoms with van der Waals surface area (Å²) in [6, 6.07) is 3.90. The number of aliphatic carboxylic acids is 1. The molecular formula is C14H16F3NO2. The number of carboxylic acid groups (broad SMARTS) is 1. The van der Waals surface area contributed by atoms with Gasteiger partial charge in [0.1, 0.15) is 0 Å². The molecule has 1 aromatic rings. The molecule has 0 heterocycles. The van der Waals surface area contributed by atoms with Crippen molar-refractivity contribution in [1.29, 1.82) is 0 Å². The Hall–Kier alpha value is -1.98. The summed E-state index contributed by atoms with van der Waals surface area (Å²) >= 11 is 0. The molecule has 0 unspecified atom stereocenters. The Morgan fingerprint density at radius 1 is 1.30 bits per heavy atom. The fourth-order valence-electron chi connectivity index (χ4n) is 1.88. The van der Waals surface area contributed by atoms with Crippen LogP contribution in [0.1, 0.15) is 25.0 Å². The minimum atomic E-state index is -4.53. The van der Waals surface area contributed by atoms with Crippen LogP contribution in [0.25, 0.3) is 6.08 Å². The van der Waals surface area contributed by atoms with Crippen LogP contribution in [0.3, 0.4) is 0 Å². The van der Waals surface area contributed by atoms with Crippen LogP contribution in [0, 0.1) is 0 Å². The summed E-state index contributed by atoms with van der Waals surface area (Å²) < 4.78 is 39.1. The number of benzene rings is 1. The Balaban J connectivity index is 3.30. The maximum absolute atomic E-state index is 13.0. The average Bonchev–Trinajstić information content (AvgIpc) is 2.37. The van der Waals surface area contributed by atoms with Crippen LogP contribution < -0.4 is 4.90 Å². The first kappa shape index (κ1) is 16.1. The highest BCUT2D eigenvalue weighted by Crippen LogP contribution is 2.35. The maximum Gasteiger partial charge on any atom is 0.417 e. The normalized spacial score (nSPS) is 11.8. The number of rotatable bonds is 5. The van der Waals surface area contributed by atoms with E-state index in [1.807, 2.05) is 13.8 Å². The fraction of sp³-hybridized carbons (Fsp3) is 0.357. The van der Waals surface area contributed by atoms with Crippen molar-refractivity contribution in [3.63, 3.8) is 0 Å². The van der Waals surface area contributed by atoms with Gasteiger partial charge in [-0.1, -0.05) is 6.07 Å². The average molecular weight is 287 g/mol. The van der Waals surface area contributed by atoms with E-state index >= 15 is 0 Å². The summed E-state index contributed by atoms with van der Waals surface area (Å²) in [5.41, 5.74) is -0.523. The molecule has 1 N–H and O–H groups in total. The molecular weight excluding hydrogens is 271 g/mol. The molecule has 0 bridgehead atoms. The van der Waals surface area contributed by atoms with Crippen LogP contribution in [-0.2, 0) is 11.0 Å². The summed E-state index contributed by atoms with van der Waals surface area (Å²) in [6.45, 7) is 4.90. The molecule has 0 saturated carbocycles. The molecule has 0 aliphatic heterocycles. The number of hydrogen-bond donors (Lipinski definition) is 1. The highest BCUT2D eigenvalue weighted by atomic mass is 19.4. The molecule has 0 aliphatic rings. The monoisotopic (exact) mass is 287 g/mol. The Morgan fingerprint density at radius 3 is 2.35 bits per heavy atom. The number of halogens is 3. The third-order valence-corrected chi connectivity index (χ3v) is 2.88. The Morgan fingerprint density at radius 2 is 1.90 bits per heavy atom. The van der Waals surface area contributed by atoms with Crippen molar-refractivity contribution in [3.8, 4) is 0 Å². The molecule has 1 rings (SSSR count). The molecule has 0 radical (unpaired) electrons. The first-order valence-electron chi connectivity index (χ1n) is 6.16. The van der Waals surface area contributed by atoms with E-state index in [2.05, 4.69) is 0 Å². The Bertz CT molecular complexity index is 506. The molecule has 0 saturated heterocycles. The lowest BCUT2D eigenvalue weighted by atomic mass is 10.0. The molecule has 1 aromatic carbocycles. The van der Waals surface area contributed by atoms with Gasteiger partial charge in [-0.15, -0.1) is 0 Å². The second-order valence-corrected chi connectivity index (χ2v) is 4.11. The van der Waals surface area contributed by atoms with E-state index in [4.69, 9.17) is 5.11 Å². The SMILES string of the molecule is CCN(CC)c1ccc(/C=C/C(=O)O)c(C(F)(F)F)c1. The van der Waals surface area contributed by atoms with Crippen molar-refractivity contribution in [2.24, 2.45) is 0 Å². The van der Waals surface area contributed by atoms with Crippen LogP contribution in [-0.4, -0.2) is 24.2 Å². The third-order valence-electron chi connectivity index (χ3n) is 2.88. The van der Waals surface area contributed by atoms with E-state index in [1.165, 1.54) is 6.07 Å². The number of hydrogen-bond acceptors (Lipinski definition) is 2. The predicted octanol–water partition coefficient (Wildman–Crippen LogP) is 3.65. The van der Waals surface area contributed by atoms with Gasteiger partial charge in [-0.2, -0.15) is 13.2 Å². The van der Waals surface area contributed by atoms with Crippen molar-refractivity contribution < 1.29 is 23.1 Å². The number of carboxylic acids is 1. The smallest absolute Gasteiger partial charge is 0.417 e. The summed E-state index contributed by atoms with van der Waals surface area (Å²) in [5, 5.41) is 8.51. The summed E-state index contributed by atoms with van der Waals surface area (Å²) in [4.78, 5) is 12.2. The zero-order valence-corrected chi connectivity index (χ0v) is 11.2.